The first kappa shape index (κ1) is 19.7. The highest BCUT2D eigenvalue weighted by Crippen LogP contribution is 2.35. The predicted octanol–water partition coefficient (Wildman–Crippen LogP) is 5.13. The summed E-state index contributed by atoms with van der Waals surface area (Å²) in [5, 5.41) is 4.04. The molecule has 2 N–H and O–H groups in total. The summed E-state index contributed by atoms with van der Waals surface area (Å²) in [5.74, 6) is 1.14. The molecular formula is C25H22N4O3. The number of hydrogen-bond donors (Lipinski definition) is 2. The van der Waals surface area contributed by atoms with Crippen molar-refractivity contribution < 1.29 is 14.3 Å². The Labute approximate surface area is 184 Å². The number of fused-ring (bicyclic) bond motifs is 2. The molecule has 32 heavy (non-hydrogen) atoms. The number of anilines is 1. The van der Waals surface area contributed by atoms with Crippen LogP contribution in [0.1, 0.15) is 6.92 Å². The molecule has 0 aliphatic heterocycles. The first-order chi connectivity index (χ1) is 15.6. The van der Waals surface area contributed by atoms with Crippen molar-refractivity contribution in [3.63, 3.8) is 0 Å². The average molecular weight is 426 g/mol. The van der Waals surface area contributed by atoms with E-state index in [2.05, 4.69) is 33.5 Å². The van der Waals surface area contributed by atoms with E-state index in [1.165, 1.54) is 6.92 Å². The molecule has 5 rings (SSSR count). The third-order valence-electron chi connectivity index (χ3n) is 5.48. The summed E-state index contributed by atoms with van der Waals surface area (Å²) < 4.78 is 12.8. The number of H-pyrrole nitrogens is 1. The number of nitrogens with zero attached hydrogens (tertiary/aromatic N) is 2. The summed E-state index contributed by atoms with van der Waals surface area (Å²) >= 11 is 0. The van der Waals surface area contributed by atoms with Crippen molar-refractivity contribution in [1.29, 1.82) is 0 Å². The number of nitrogens with one attached hydrogen (secondary N) is 2. The zero-order valence-electron chi connectivity index (χ0n) is 18.0. The van der Waals surface area contributed by atoms with Crippen LogP contribution in [0.4, 0.5) is 5.69 Å². The van der Waals surface area contributed by atoms with Crippen LogP contribution in [0.15, 0.2) is 67.1 Å². The first-order valence-electron chi connectivity index (χ1n) is 10.2. The van der Waals surface area contributed by atoms with Gasteiger partial charge in [0.15, 0.2) is 17.1 Å². The van der Waals surface area contributed by atoms with Gasteiger partial charge in [0.2, 0.25) is 5.91 Å². The Morgan fingerprint density at radius 2 is 1.78 bits per heavy atom. The third-order valence-corrected chi connectivity index (χ3v) is 5.48. The lowest BCUT2D eigenvalue weighted by Gasteiger charge is -2.12. The van der Waals surface area contributed by atoms with E-state index in [1.54, 1.807) is 20.4 Å². The summed E-state index contributed by atoms with van der Waals surface area (Å²) in [7, 11) is 3.22. The van der Waals surface area contributed by atoms with Gasteiger partial charge in [-0.1, -0.05) is 6.07 Å². The molecule has 0 radical (unpaired) electrons. The molecule has 0 bridgehead atoms. The van der Waals surface area contributed by atoms with Gasteiger partial charge in [0.1, 0.15) is 0 Å². The Hall–Kier alpha value is -4.26. The van der Waals surface area contributed by atoms with Crippen molar-refractivity contribution in [3.05, 3.63) is 67.1 Å². The number of ether oxygens (including phenoxy) is 2. The van der Waals surface area contributed by atoms with Crippen molar-refractivity contribution in [1.82, 2.24) is 14.4 Å². The van der Waals surface area contributed by atoms with E-state index in [0.717, 1.165) is 33.3 Å². The second-order valence-corrected chi connectivity index (χ2v) is 7.51. The molecule has 0 fully saturated rings. The van der Waals surface area contributed by atoms with Crippen LogP contribution in [0.25, 0.3) is 38.9 Å². The van der Waals surface area contributed by atoms with Gasteiger partial charge in [-0.15, -0.1) is 0 Å². The molecule has 0 atom stereocenters. The van der Waals surface area contributed by atoms with Crippen LogP contribution >= 0.6 is 0 Å². The summed E-state index contributed by atoms with van der Waals surface area (Å²) in [4.78, 5) is 19.7. The van der Waals surface area contributed by atoms with Gasteiger partial charge < -0.3 is 19.8 Å². The number of methoxy groups -OCH3 is 2. The number of carbonyl (C=O) groups excluding carboxylic acids is 1. The van der Waals surface area contributed by atoms with Crippen LogP contribution in [-0.4, -0.2) is 34.5 Å². The molecular weight excluding hydrogens is 404 g/mol. The number of imidazole rings is 1. The van der Waals surface area contributed by atoms with Crippen LogP contribution in [-0.2, 0) is 4.79 Å². The fourth-order valence-corrected chi connectivity index (χ4v) is 3.97. The number of hydrogen-bond acceptors (Lipinski definition) is 4. The number of pyridine rings is 1. The highest BCUT2D eigenvalue weighted by Gasteiger charge is 2.15. The molecule has 3 heterocycles. The Morgan fingerprint density at radius 3 is 2.56 bits per heavy atom. The lowest BCUT2D eigenvalue weighted by atomic mass is 10.0. The molecule has 160 valence electrons. The van der Waals surface area contributed by atoms with Gasteiger partial charge >= 0.3 is 0 Å². The van der Waals surface area contributed by atoms with Gasteiger partial charge in [0.25, 0.3) is 0 Å². The van der Waals surface area contributed by atoms with Gasteiger partial charge in [0.05, 0.1) is 31.8 Å². The van der Waals surface area contributed by atoms with Crippen LogP contribution in [0, 0.1) is 0 Å². The van der Waals surface area contributed by atoms with Gasteiger partial charge in [-0.25, -0.2) is 4.98 Å². The average Bonchev–Trinajstić information content (AvgIpc) is 3.44. The summed E-state index contributed by atoms with van der Waals surface area (Å²) in [6.07, 6.45) is 5.75. The van der Waals surface area contributed by atoms with Crippen molar-refractivity contribution >= 4 is 28.1 Å². The smallest absolute Gasteiger partial charge is 0.221 e. The van der Waals surface area contributed by atoms with E-state index < -0.39 is 0 Å². The summed E-state index contributed by atoms with van der Waals surface area (Å²) in [5.41, 5.74) is 6.18. The maximum Gasteiger partial charge on any atom is 0.221 e. The number of carbonyl (C=O) groups is 1. The van der Waals surface area contributed by atoms with Crippen LogP contribution < -0.4 is 14.8 Å². The maximum atomic E-state index is 11.9. The molecule has 0 saturated heterocycles. The molecule has 7 nitrogen and oxygen atoms in total. The summed E-state index contributed by atoms with van der Waals surface area (Å²) in [6.45, 7) is 1.49. The predicted molar refractivity (Wildman–Crippen MR) is 125 cm³/mol. The molecule has 1 amide bonds. The largest absolute Gasteiger partial charge is 0.493 e. The first-order valence-corrected chi connectivity index (χ1v) is 10.2. The van der Waals surface area contributed by atoms with Crippen LogP contribution in [0.5, 0.6) is 11.5 Å². The van der Waals surface area contributed by atoms with Crippen molar-refractivity contribution in [2.24, 2.45) is 0 Å². The van der Waals surface area contributed by atoms with Crippen LogP contribution in [0.3, 0.4) is 0 Å². The number of aromatic nitrogens is 3. The minimum absolute atomic E-state index is 0.152. The Morgan fingerprint density at radius 1 is 0.969 bits per heavy atom. The van der Waals surface area contributed by atoms with Crippen molar-refractivity contribution in [3.8, 4) is 33.9 Å². The molecule has 0 unspecified atom stereocenters. The van der Waals surface area contributed by atoms with Gasteiger partial charge in [0, 0.05) is 36.0 Å². The molecule has 5 aromatic rings. The molecule has 7 heteroatoms. The maximum absolute atomic E-state index is 11.9. The molecule has 0 aliphatic rings. The third kappa shape index (κ3) is 3.33. The Balaban J connectivity index is 1.72. The topological polar surface area (TPSA) is 80.6 Å². The fourth-order valence-electron chi connectivity index (χ4n) is 3.97. The van der Waals surface area contributed by atoms with E-state index in [1.807, 2.05) is 47.1 Å². The molecule has 0 saturated carbocycles. The minimum atomic E-state index is -0.152. The van der Waals surface area contributed by atoms with E-state index >= 15 is 0 Å². The molecule has 3 aromatic heterocycles. The Bertz CT molecular complexity index is 1470. The standard InChI is InChI=1S/C25H22N4O3/c1-15(30)28-21-11-19(16-4-6-20-17(10-16)8-9-26-20)14-29-22(13-27-25(21)29)18-5-7-23(31-2)24(12-18)32-3/h4-14,26H,1-3H3,(H,28,30). The minimum Gasteiger partial charge on any atom is -0.493 e. The van der Waals surface area contributed by atoms with Crippen molar-refractivity contribution in [2.75, 3.05) is 19.5 Å². The van der Waals surface area contributed by atoms with E-state index in [0.29, 0.717) is 22.8 Å². The number of rotatable bonds is 5. The lowest BCUT2D eigenvalue weighted by Crippen LogP contribution is -2.08. The van der Waals surface area contributed by atoms with E-state index in [9.17, 15) is 4.79 Å². The molecule has 2 aromatic carbocycles. The summed E-state index contributed by atoms with van der Waals surface area (Å²) in [6, 6.07) is 16.0. The second kappa shape index (κ2) is 7.77. The molecule has 0 spiro atoms. The van der Waals surface area contributed by atoms with E-state index in [-0.39, 0.29) is 5.91 Å². The number of benzene rings is 2. The number of amides is 1. The second-order valence-electron chi connectivity index (χ2n) is 7.51. The molecule has 0 aliphatic carbocycles. The van der Waals surface area contributed by atoms with Gasteiger partial charge in [-0.2, -0.15) is 0 Å². The van der Waals surface area contributed by atoms with Gasteiger partial charge in [-0.3, -0.25) is 9.20 Å². The zero-order valence-corrected chi connectivity index (χ0v) is 18.0. The lowest BCUT2D eigenvalue weighted by molar-refractivity contribution is -0.114. The number of aromatic amines is 1. The monoisotopic (exact) mass is 426 g/mol. The van der Waals surface area contributed by atoms with Crippen LogP contribution in [0.2, 0.25) is 0 Å². The Kier molecular flexibility index (Phi) is 4.78. The van der Waals surface area contributed by atoms with Gasteiger partial charge in [-0.05, 0) is 53.4 Å². The normalized spacial score (nSPS) is 11.1. The fraction of sp³-hybridized carbons (Fsp3) is 0.120. The SMILES string of the molecule is COc1ccc(-c2cnc3c(NC(C)=O)cc(-c4ccc5[nH]ccc5c4)cn23)cc1OC. The highest BCUT2D eigenvalue weighted by atomic mass is 16.5. The van der Waals surface area contributed by atoms with E-state index in [4.69, 9.17) is 9.47 Å². The van der Waals surface area contributed by atoms with Crippen molar-refractivity contribution in [2.45, 2.75) is 6.92 Å². The zero-order chi connectivity index (χ0) is 22.2. The highest BCUT2D eigenvalue weighted by molar-refractivity contribution is 5.95. The quantitative estimate of drug-likeness (QED) is 0.409.